The lowest BCUT2D eigenvalue weighted by molar-refractivity contribution is -0.136. The van der Waals surface area contributed by atoms with Crippen molar-refractivity contribution in [2.75, 3.05) is 0 Å². The molecule has 0 amide bonds. The lowest BCUT2D eigenvalue weighted by Gasteiger charge is -2.21. The van der Waals surface area contributed by atoms with Crippen LogP contribution in [0.5, 0.6) is 5.75 Å². The summed E-state index contributed by atoms with van der Waals surface area (Å²) in [5, 5.41) is 0. The van der Waals surface area contributed by atoms with E-state index >= 15 is 0 Å². The number of nitrogens with two attached hydrogens (primary N) is 2. The second kappa shape index (κ2) is 10.6. The maximum Gasteiger partial charge on any atom is 0.395 e. The number of ether oxygens (including phenoxy) is 1. The van der Waals surface area contributed by atoms with Gasteiger partial charge in [-0.15, -0.1) is 0 Å². The minimum atomic E-state index is -4.35. The molecule has 0 heterocycles. The predicted octanol–water partition coefficient (Wildman–Crippen LogP) is 3.19. The Bertz CT molecular complexity index is 827. The first kappa shape index (κ1) is 23.1. The van der Waals surface area contributed by atoms with Gasteiger partial charge in [0.1, 0.15) is 24.2 Å². The van der Waals surface area contributed by atoms with Gasteiger partial charge >= 0.3 is 13.6 Å². The van der Waals surface area contributed by atoms with Gasteiger partial charge in [-0.2, -0.15) is 0 Å². The lowest BCUT2D eigenvalue weighted by Crippen LogP contribution is -2.35. The molecule has 0 aliphatic heterocycles. The summed E-state index contributed by atoms with van der Waals surface area (Å²) >= 11 is 0. The van der Waals surface area contributed by atoms with Gasteiger partial charge in [-0.3, -0.25) is 4.79 Å². The summed E-state index contributed by atoms with van der Waals surface area (Å²) in [5.74, 6) is -1.32. The highest BCUT2D eigenvalue weighted by atomic mass is 31.2. The molecule has 3 atom stereocenters. The van der Waals surface area contributed by atoms with Crippen LogP contribution in [-0.2, 0) is 26.9 Å². The summed E-state index contributed by atoms with van der Waals surface area (Å²) in [5.41, 5.74) is 13.3. The monoisotopic (exact) mass is 420 g/mol. The zero-order valence-corrected chi connectivity index (χ0v) is 17.6. The molecule has 7 nitrogen and oxygen atoms in total. The minimum Gasteiger partial charge on any atom is -0.489 e. The molecule has 0 saturated heterocycles. The Hall–Kier alpha value is -2.18. The molecular weight excluding hydrogens is 391 g/mol. The number of carbonyl (C=O) groups is 1. The van der Waals surface area contributed by atoms with E-state index in [0.717, 1.165) is 11.1 Å². The van der Waals surface area contributed by atoms with E-state index in [4.69, 9.17) is 20.7 Å². The normalized spacial score (nSPS) is 15.4. The average Bonchev–Trinajstić information content (AvgIpc) is 2.67. The number of benzene rings is 2. The molecule has 0 aliphatic rings. The van der Waals surface area contributed by atoms with Gasteiger partial charge in [0, 0.05) is 6.42 Å². The topological polar surface area (TPSA) is 125 Å². The van der Waals surface area contributed by atoms with Crippen molar-refractivity contribution in [1.82, 2.24) is 0 Å². The van der Waals surface area contributed by atoms with Gasteiger partial charge in [0.05, 0.1) is 0 Å². The fourth-order valence-corrected chi connectivity index (χ4v) is 3.66. The molecule has 0 radical (unpaired) electrons. The standard InChI is InChI=1S/C21H29N2O5P/c1-15(2)12-19(22)21(24)28-29(25,26)20(23)13-16-8-10-18(11-9-16)27-14-17-6-4-3-5-7-17/h3-11,15,19-20H,12-14,22-23H2,1-2H3,(H,25,26)/t19-,20+/m0/s1. The summed E-state index contributed by atoms with van der Waals surface area (Å²) in [6.45, 7) is 4.23. The maximum atomic E-state index is 12.4. The van der Waals surface area contributed by atoms with Crippen LogP contribution in [0.4, 0.5) is 0 Å². The van der Waals surface area contributed by atoms with E-state index < -0.39 is 25.4 Å². The van der Waals surface area contributed by atoms with Crippen LogP contribution in [0, 0.1) is 5.92 Å². The third kappa shape index (κ3) is 7.63. The van der Waals surface area contributed by atoms with Gasteiger partial charge in [-0.05, 0) is 35.6 Å². The molecular formula is C21H29N2O5P. The molecule has 5 N–H and O–H groups in total. The highest BCUT2D eigenvalue weighted by Crippen LogP contribution is 2.46. The van der Waals surface area contributed by atoms with E-state index in [0.29, 0.717) is 18.8 Å². The molecule has 0 fully saturated rings. The Morgan fingerprint density at radius 3 is 2.24 bits per heavy atom. The van der Waals surface area contributed by atoms with Crippen molar-refractivity contribution < 1.29 is 23.5 Å². The third-order valence-corrected chi connectivity index (χ3v) is 5.75. The Morgan fingerprint density at radius 1 is 1.03 bits per heavy atom. The number of carbonyl (C=O) groups excluding carboxylic acids is 1. The Morgan fingerprint density at radius 2 is 1.66 bits per heavy atom. The Balaban J connectivity index is 1.89. The summed E-state index contributed by atoms with van der Waals surface area (Å²) in [7, 11) is -4.35. The molecule has 2 rings (SSSR count). The van der Waals surface area contributed by atoms with Crippen molar-refractivity contribution in [2.24, 2.45) is 17.4 Å². The first-order chi connectivity index (χ1) is 13.7. The molecule has 1 unspecified atom stereocenters. The molecule has 0 bridgehead atoms. The molecule has 0 aromatic heterocycles. The predicted molar refractivity (Wildman–Crippen MR) is 112 cm³/mol. The van der Waals surface area contributed by atoms with Gasteiger partial charge in [0.2, 0.25) is 0 Å². The van der Waals surface area contributed by atoms with E-state index in [1.165, 1.54) is 0 Å². The number of rotatable bonds is 10. The third-order valence-electron chi connectivity index (χ3n) is 4.28. The smallest absolute Gasteiger partial charge is 0.395 e. The lowest BCUT2D eigenvalue weighted by atomic mass is 10.1. The van der Waals surface area contributed by atoms with Gasteiger partial charge in [0.15, 0.2) is 0 Å². The fourth-order valence-electron chi connectivity index (χ4n) is 2.69. The van der Waals surface area contributed by atoms with Crippen LogP contribution in [0.1, 0.15) is 31.4 Å². The van der Waals surface area contributed by atoms with Gasteiger partial charge in [-0.25, -0.2) is 4.57 Å². The van der Waals surface area contributed by atoms with Crippen LogP contribution in [0.3, 0.4) is 0 Å². The molecule has 0 aliphatic carbocycles. The first-order valence-electron chi connectivity index (χ1n) is 9.50. The van der Waals surface area contributed by atoms with Crippen molar-refractivity contribution in [2.45, 2.75) is 45.1 Å². The second-order valence-electron chi connectivity index (χ2n) is 7.40. The van der Waals surface area contributed by atoms with Crippen LogP contribution in [0.15, 0.2) is 54.6 Å². The van der Waals surface area contributed by atoms with Crippen molar-refractivity contribution in [1.29, 1.82) is 0 Å². The Kier molecular flexibility index (Phi) is 8.41. The molecule has 2 aromatic rings. The molecule has 0 spiro atoms. The highest BCUT2D eigenvalue weighted by molar-refractivity contribution is 7.54. The molecule has 158 valence electrons. The van der Waals surface area contributed by atoms with Crippen LogP contribution in [0.25, 0.3) is 0 Å². The van der Waals surface area contributed by atoms with E-state index in [2.05, 4.69) is 0 Å². The summed E-state index contributed by atoms with van der Waals surface area (Å²) in [6, 6.07) is 15.9. The van der Waals surface area contributed by atoms with E-state index in [1.54, 1.807) is 24.3 Å². The van der Waals surface area contributed by atoms with Gasteiger partial charge < -0.3 is 25.6 Å². The van der Waals surface area contributed by atoms with Crippen LogP contribution >= 0.6 is 7.60 Å². The Labute approximate surface area is 171 Å². The van der Waals surface area contributed by atoms with E-state index in [9.17, 15) is 14.3 Å². The fraction of sp³-hybridized carbons (Fsp3) is 0.381. The van der Waals surface area contributed by atoms with Crippen molar-refractivity contribution in [3.05, 3.63) is 65.7 Å². The van der Waals surface area contributed by atoms with Gasteiger partial charge in [0.25, 0.3) is 0 Å². The maximum absolute atomic E-state index is 12.4. The quantitative estimate of drug-likeness (QED) is 0.504. The van der Waals surface area contributed by atoms with Crippen molar-refractivity contribution in [3.63, 3.8) is 0 Å². The highest BCUT2D eigenvalue weighted by Gasteiger charge is 2.34. The zero-order valence-electron chi connectivity index (χ0n) is 16.7. The summed E-state index contributed by atoms with van der Waals surface area (Å²) in [4.78, 5) is 22.0. The first-order valence-corrected chi connectivity index (χ1v) is 11.1. The van der Waals surface area contributed by atoms with E-state index in [-0.39, 0.29) is 12.3 Å². The minimum absolute atomic E-state index is 0.0689. The zero-order chi connectivity index (χ0) is 21.4. The van der Waals surface area contributed by atoms with E-state index in [1.807, 2.05) is 44.2 Å². The van der Waals surface area contributed by atoms with Crippen LogP contribution in [-0.4, -0.2) is 22.7 Å². The van der Waals surface area contributed by atoms with Gasteiger partial charge in [-0.1, -0.05) is 56.3 Å². The molecule has 8 heteroatoms. The van der Waals surface area contributed by atoms with Crippen LogP contribution in [0.2, 0.25) is 0 Å². The summed E-state index contributed by atoms with van der Waals surface area (Å²) in [6.07, 6.45) is 0.429. The van der Waals surface area contributed by atoms with Crippen molar-refractivity contribution in [3.8, 4) is 5.75 Å². The number of hydrogen-bond donors (Lipinski definition) is 3. The van der Waals surface area contributed by atoms with Crippen LogP contribution < -0.4 is 16.2 Å². The molecule has 2 aromatic carbocycles. The second-order valence-corrected chi connectivity index (χ2v) is 9.37. The SMILES string of the molecule is CC(C)C[C@H](N)C(=O)OP(=O)(O)[C@@H](N)Cc1ccc(OCc2ccccc2)cc1. The summed E-state index contributed by atoms with van der Waals surface area (Å²) < 4.78 is 22.8. The molecule has 0 saturated carbocycles. The average molecular weight is 420 g/mol. The number of hydrogen-bond acceptors (Lipinski definition) is 6. The molecule has 29 heavy (non-hydrogen) atoms. The largest absolute Gasteiger partial charge is 0.489 e. The van der Waals surface area contributed by atoms with Crippen molar-refractivity contribution >= 4 is 13.6 Å².